The van der Waals surface area contributed by atoms with Gasteiger partial charge in [-0.05, 0) is 125 Å². The predicted molar refractivity (Wildman–Crippen MR) is 306 cm³/mol. The number of phenols is 2. The number of aromatic hydroxyl groups is 2. The van der Waals surface area contributed by atoms with E-state index in [0.717, 1.165) is 134 Å². The molecule has 8 aromatic rings. The molecule has 4 aromatic heterocycles. The van der Waals surface area contributed by atoms with Crippen molar-refractivity contribution in [2.75, 3.05) is 67.1 Å². The number of rotatable bonds is 19. The summed E-state index contributed by atoms with van der Waals surface area (Å²) in [4.78, 5) is 49.8. The lowest BCUT2D eigenvalue weighted by Gasteiger charge is -2.36. The van der Waals surface area contributed by atoms with Gasteiger partial charge in [0, 0.05) is 111 Å². The third kappa shape index (κ3) is 15.1. The summed E-state index contributed by atoms with van der Waals surface area (Å²) in [6, 6.07) is 31.5. The number of H-pyrrole nitrogens is 2. The van der Waals surface area contributed by atoms with Crippen LogP contribution in [0.2, 0.25) is 0 Å². The molecule has 6 heterocycles. The molecular weight excluding hydrogens is 1020 g/mol. The normalized spacial score (nSPS) is 14.6. The lowest BCUT2D eigenvalue weighted by molar-refractivity contribution is 0.0953. The number of anilines is 3. The average Bonchev–Trinajstić information content (AvgIpc) is 4.27. The number of carbonyl (C=O) groups excluding carboxylic acids is 2. The summed E-state index contributed by atoms with van der Waals surface area (Å²) in [6.07, 6.45) is 17.4. The van der Waals surface area contributed by atoms with Crippen molar-refractivity contribution in [1.29, 1.82) is 0 Å². The number of aromatic amines is 2. The molecule has 0 radical (unpaired) electrons. The van der Waals surface area contributed by atoms with E-state index in [1.807, 2.05) is 30.3 Å². The Kier molecular flexibility index (Phi) is 19.6. The monoisotopic (exact) mass is 1080 g/mol. The summed E-state index contributed by atoms with van der Waals surface area (Å²) in [7, 11) is 0. The minimum absolute atomic E-state index is 0.208. The van der Waals surface area contributed by atoms with Crippen LogP contribution in [0, 0.1) is 11.8 Å². The second kappa shape index (κ2) is 26.8. The van der Waals surface area contributed by atoms with Crippen LogP contribution >= 0.6 is 38.6 Å². The Labute approximate surface area is 446 Å². The van der Waals surface area contributed by atoms with Gasteiger partial charge >= 0.3 is 0 Å². The number of nitrogens with one attached hydrogen (secondary N) is 3. The number of fused-ring (bicyclic) bond motifs is 2. The van der Waals surface area contributed by atoms with E-state index in [0.29, 0.717) is 30.4 Å². The predicted octanol–water partition coefficient (Wildman–Crippen LogP) is 13.1. The zero-order valence-corrected chi connectivity index (χ0v) is 45.3. The number of thiazole rings is 2. The van der Waals surface area contributed by atoms with Gasteiger partial charge in [-0.1, -0.05) is 87.3 Å². The summed E-state index contributed by atoms with van der Waals surface area (Å²) >= 11 is 6.29. The molecule has 2 aliphatic heterocycles. The molecule has 2 atom stereocenters. The molecular formula is C58H69BrN8O4S2. The Morgan fingerprint density at radius 3 is 1.53 bits per heavy atom. The van der Waals surface area contributed by atoms with Gasteiger partial charge in [-0.3, -0.25) is 9.59 Å². The number of halogens is 1. The lowest BCUT2D eigenvalue weighted by atomic mass is 9.89. The Hall–Kier alpha value is -6.00. The first kappa shape index (κ1) is 53.3. The number of piperazine rings is 2. The number of ketones is 2. The molecule has 0 saturated carbocycles. The zero-order chi connectivity index (χ0) is 50.9. The van der Waals surface area contributed by atoms with E-state index in [-0.39, 0.29) is 17.3 Å². The van der Waals surface area contributed by atoms with Crippen LogP contribution in [0.3, 0.4) is 0 Å². The number of nitrogens with zero attached hydrogens (tertiary/aromatic N) is 5. The number of benzene rings is 4. The fourth-order valence-electron chi connectivity index (χ4n) is 9.81. The van der Waals surface area contributed by atoms with Gasteiger partial charge in [0.05, 0.1) is 22.1 Å². The van der Waals surface area contributed by atoms with Crippen LogP contribution in [0.1, 0.15) is 95.7 Å². The highest BCUT2D eigenvalue weighted by Gasteiger charge is 2.24. The maximum atomic E-state index is 13.3. The van der Waals surface area contributed by atoms with Gasteiger partial charge in [0.25, 0.3) is 0 Å². The van der Waals surface area contributed by atoms with Crippen LogP contribution in [-0.2, 0) is 12.8 Å². The molecule has 10 rings (SSSR count). The highest BCUT2D eigenvalue weighted by atomic mass is 79.9. The Morgan fingerprint density at radius 2 is 1.05 bits per heavy atom. The van der Waals surface area contributed by atoms with Crippen LogP contribution < -0.4 is 20.0 Å². The van der Waals surface area contributed by atoms with E-state index in [1.165, 1.54) is 55.8 Å². The molecule has 2 unspecified atom stereocenters. The number of hydrogen-bond donors (Lipinski definition) is 5. The molecule has 0 amide bonds. The van der Waals surface area contributed by atoms with Gasteiger partial charge in [-0.15, -0.1) is 11.3 Å². The first-order chi connectivity index (χ1) is 35.6. The molecule has 4 aromatic carbocycles. The van der Waals surface area contributed by atoms with Crippen molar-refractivity contribution in [3.8, 4) is 11.5 Å². The molecule has 0 bridgehead atoms. The van der Waals surface area contributed by atoms with Crippen molar-refractivity contribution in [3.63, 3.8) is 0 Å². The molecule has 5 N–H and O–H groups in total. The number of carbonyl (C=O) groups is 2. The maximum absolute atomic E-state index is 13.3. The minimum atomic E-state index is 0.208. The molecule has 0 aliphatic carbocycles. The average molecular weight is 1090 g/mol. The van der Waals surface area contributed by atoms with E-state index in [9.17, 15) is 14.7 Å². The van der Waals surface area contributed by atoms with Gasteiger partial charge < -0.3 is 40.2 Å². The second-order valence-electron chi connectivity index (χ2n) is 19.1. The molecule has 15 heteroatoms. The summed E-state index contributed by atoms with van der Waals surface area (Å²) in [6.45, 7) is 12.1. The van der Waals surface area contributed by atoms with Gasteiger partial charge in [0.2, 0.25) is 0 Å². The molecule has 2 saturated heterocycles. The number of para-hydroxylation sites is 2. The summed E-state index contributed by atoms with van der Waals surface area (Å²) in [5.41, 5.74) is 7.25. The zero-order valence-electron chi connectivity index (χ0n) is 42.1. The fourth-order valence-corrected chi connectivity index (χ4v) is 11.9. The fraction of sp³-hybridized carbons (Fsp3) is 0.379. The molecule has 12 nitrogen and oxygen atoms in total. The number of phenolic OH excluding ortho intramolecular Hbond substituents is 2. The van der Waals surface area contributed by atoms with E-state index in [4.69, 9.17) is 5.11 Å². The highest BCUT2D eigenvalue weighted by molar-refractivity contribution is 9.11. The Morgan fingerprint density at radius 1 is 0.603 bits per heavy atom. The first-order valence-corrected chi connectivity index (χ1v) is 28.3. The highest BCUT2D eigenvalue weighted by Crippen LogP contribution is 2.32. The molecule has 384 valence electrons. The summed E-state index contributed by atoms with van der Waals surface area (Å²) in [5.74, 6) is 1.74. The largest absolute Gasteiger partial charge is 0.508 e. The maximum Gasteiger partial charge on any atom is 0.186 e. The molecule has 0 spiro atoms. The lowest BCUT2D eigenvalue weighted by Crippen LogP contribution is -2.46. The van der Waals surface area contributed by atoms with Gasteiger partial charge in [0.1, 0.15) is 11.5 Å². The van der Waals surface area contributed by atoms with Gasteiger partial charge in [-0.2, -0.15) is 0 Å². The quantitative estimate of drug-likeness (QED) is 0.0495. The van der Waals surface area contributed by atoms with Crippen LogP contribution in [0.4, 0.5) is 16.5 Å². The number of Topliss-reactive ketones (excluding diaryl/α,β-unsaturated/α-hetero) is 2. The SMILES string of the molecule is CCCCC(CC(=O)c1cnc(Br)s1)Cc1c[nH]c2ccccc12.CCCCC(CC(=O)c1cnc(N2CCN(c3ccc(O)cc3)CC2)s1)Cc1c[nH]c2ccccc12.Oc1ccc(N2CCNCC2)cc1. The third-order valence-corrected chi connectivity index (χ3v) is 16.5. The molecule has 2 aliphatic rings. The summed E-state index contributed by atoms with van der Waals surface area (Å²) < 4.78 is 0.771. The molecule has 2 fully saturated rings. The number of unbranched alkanes of at least 4 members (excludes halogenated alkanes) is 2. The minimum Gasteiger partial charge on any atom is -0.508 e. The van der Waals surface area contributed by atoms with Crippen molar-refractivity contribution in [1.82, 2.24) is 25.3 Å². The van der Waals surface area contributed by atoms with Crippen LogP contribution in [0.25, 0.3) is 21.8 Å². The van der Waals surface area contributed by atoms with Crippen molar-refractivity contribution < 1.29 is 19.8 Å². The smallest absolute Gasteiger partial charge is 0.186 e. The Bertz CT molecular complexity index is 2950. The van der Waals surface area contributed by atoms with Crippen molar-refractivity contribution >= 4 is 88.5 Å². The van der Waals surface area contributed by atoms with E-state index in [2.05, 4.69) is 125 Å². The standard InChI is InChI=1S/C29H34N4O2S.C19H21BrN2OS.C10H14N2O/c1-2-3-6-21(17-22-19-30-26-8-5-4-7-25(22)26)18-27(35)28-20-31-29(36-28)33-15-13-32(14-16-33)23-9-11-24(34)12-10-23;1-2-3-6-13(10-17(23)18-12-22-19(20)24-18)9-14-11-21-16-8-5-4-7-15(14)16;13-10-3-1-9(2-4-10)12-7-5-11-6-8-12/h4-5,7-12,19-21,30,34H,2-3,6,13-18H2,1H3;4-5,7-8,11-13,21H,2-3,6,9-10H2,1H3;1-4,11,13H,5-8H2. The van der Waals surface area contributed by atoms with Crippen LogP contribution in [-0.4, -0.2) is 94.1 Å². The van der Waals surface area contributed by atoms with Crippen molar-refractivity contribution in [2.24, 2.45) is 11.8 Å². The van der Waals surface area contributed by atoms with Crippen molar-refractivity contribution in [3.05, 3.63) is 147 Å². The second-order valence-corrected chi connectivity index (χ2v) is 22.4. The number of hydrogen-bond acceptors (Lipinski definition) is 12. The van der Waals surface area contributed by atoms with Gasteiger partial charge in [-0.25, -0.2) is 9.97 Å². The van der Waals surface area contributed by atoms with Crippen LogP contribution in [0.5, 0.6) is 11.5 Å². The third-order valence-electron chi connectivity index (χ3n) is 13.9. The first-order valence-electron chi connectivity index (χ1n) is 25.9. The van der Waals surface area contributed by atoms with Crippen molar-refractivity contribution in [2.45, 2.75) is 78.1 Å². The molecule has 73 heavy (non-hydrogen) atoms. The summed E-state index contributed by atoms with van der Waals surface area (Å²) in [5, 5.41) is 25.4. The van der Waals surface area contributed by atoms with E-state index >= 15 is 0 Å². The van der Waals surface area contributed by atoms with E-state index in [1.54, 1.807) is 36.7 Å². The van der Waals surface area contributed by atoms with Gasteiger partial charge in [0.15, 0.2) is 20.6 Å². The van der Waals surface area contributed by atoms with Crippen LogP contribution in [0.15, 0.2) is 126 Å². The topological polar surface area (TPSA) is 154 Å². The van der Waals surface area contributed by atoms with E-state index < -0.39 is 0 Å². The Balaban J connectivity index is 0.000000164. The number of aromatic nitrogens is 4.